The number of aliphatic hydroxyl groups excluding tert-OH is 1. The second-order valence-electron chi connectivity index (χ2n) is 6.21. The van der Waals surface area contributed by atoms with Crippen molar-refractivity contribution in [1.82, 2.24) is 20.2 Å². The third-order valence-corrected chi connectivity index (χ3v) is 3.86. The number of hydrogen-bond acceptors (Lipinski definition) is 6. The lowest BCUT2D eigenvalue weighted by atomic mass is 10.1. The Balaban J connectivity index is 1.74. The van der Waals surface area contributed by atoms with E-state index >= 15 is 0 Å². The summed E-state index contributed by atoms with van der Waals surface area (Å²) in [5.74, 6) is 0.808. The van der Waals surface area contributed by atoms with Crippen molar-refractivity contribution in [2.24, 2.45) is 7.05 Å². The Labute approximate surface area is 153 Å². The van der Waals surface area contributed by atoms with Gasteiger partial charge in [0.15, 0.2) is 5.82 Å². The standard InChI is InChI=1S/C19H24N4O3/c1-13-8-11-17(15(3)12-13)26-18(25)7-5-6-16(24)10-9-14(2)19-20-21-22-23(19)4/h8-12,16,24H,2,5-7H2,1,3-4H3. The quantitative estimate of drug-likeness (QED) is 0.444. The molecule has 2 aromatic rings. The van der Waals surface area contributed by atoms with Crippen LogP contribution >= 0.6 is 0 Å². The Morgan fingerprint density at radius 2 is 2.19 bits per heavy atom. The minimum absolute atomic E-state index is 0.242. The Morgan fingerprint density at radius 1 is 1.42 bits per heavy atom. The molecule has 0 bridgehead atoms. The van der Waals surface area contributed by atoms with Crippen LogP contribution in [0.3, 0.4) is 0 Å². The van der Waals surface area contributed by atoms with Crippen LogP contribution in [0.5, 0.6) is 5.75 Å². The predicted octanol–water partition coefficient (Wildman–Crippen LogP) is 2.53. The van der Waals surface area contributed by atoms with Crippen LogP contribution < -0.4 is 4.74 Å². The first-order chi connectivity index (χ1) is 12.4. The Morgan fingerprint density at radius 3 is 2.85 bits per heavy atom. The summed E-state index contributed by atoms with van der Waals surface area (Å²) >= 11 is 0. The normalized spacial score (nSPS) is 12.3. The van der Waals surface area contributed by atoms with Crippen LogP contribution in [-0.2, 0) is 11.8 Å². The van der Waals surface area contributed by atoms with E-state index in [1.165, 1.54) is 4.68 Å². The van der Waals surface area contributed by atoms with Gasteiger partial charge in [-0.25, -0.2) is 4.68 Å². The van der Waals surface area contributed by atoms with Gasteiger partial charge in [-0.3, -0.25) is 4.79 Å². The van der Waals surface area contributed by atoms with E-state index in [4.69, 9.17) is 4.74 Å². The van der Waals surface area contributed by atoms with E-state index in [0.29, 0.717) is 30.0 Å². The van der Waals surface area contributed by atoms with Crippen molar-refractivity contribution in [3.8, 4) is 5.75 Å². The molecule has 0 amide bonds. The topological polar surface area (TPSA) is 90.1 Å². The molecular formula is C19H24N4O3. The highest BCUT2D eigenvalue weighted by Crippen LogP contribution is 2.19. The lowest BCUT2D eigenvalue weighted by molar-refractivity contribution is -0.134. The van der Waals surface area contributed by atoms with E-state index in [1.54, 1.807) is 25.3 Å². The zero-order valence-electron chi connectivity index (χ0n) is 15.3. The number of aliphatic hydroxyl groups is 1. The molecule has 1 aromatic heterocycles. The summed E-state index contributed by atoms with van der Waals surface area (Å²) in [6.07, 6.45) is 3.82. The van der Waals surface area contributed by atoms with Gasteiger partial charge in [0.1, 0.15) is 5.75 Å². The first-order valence-electron chi connectivity index (χ1n) is 8.42. The summed E-state index contributed by atoms with van der Waals surface area (Å²) in [5, 5.41) is 21.1. The summed E-state index contributed by atoms with van der Waals surface area (Å²) in [6.45, 7) is 7.76. The van der Waals surface area contributed by atoms with Gasteiger partial charge in [0.2, 0.25) is 0 Å². The third-order valence-electron chi connectivity index (χ3n) is 3.86. The zero-order chi connectivity index (χ0) is 19.1. The number of carbonyl (C=O) groups excluding carboxylic acids is 1. The number of nitrogens with zero attached hydrogens (tertiary/aromatic N) is 4. The highest BCUT2D eigenvalue weighted by atomic mass is 16.5. The predicted molar refractivity (Wildman–Crippen MR) is 98.4 cm³/mol. The van der Waals surface area contributed by atoms with Crippen LogP contribution in [0.2, 0.25) is 0 Å². The van der Waals surface area contributed by atoms with Gasteiger partial charge in [-0.05, 0) is 48.7 Å². The average Bonchev–Trinajstić information content (AvgIpc) is 3.01. The molecule has 0 saturated heterocycles. The van der Waals surface area contributed by atoms with Crippen LogP contribution in [0, 0.1) is 13.8 Å². The molecule has 0 aliphatic rings. The van der Waals surface area contributed by atoms with Gasteiger partial charge in [-0.2, -0.15) is 0 Å². The molecule has 0 spiro atoms. The number of esters is 1. The summed E-state index contributed by atoms with van der Waals surface area (Å²) in [4.78, 5) is 11.9. The van der Waals surface area contributed by atoms with Gasteiger partial charge in [0, 0.05) is 19.0 Å². The van der Waals surface area contributed by atoms with Gasteiger partial charge < -0.3 is 9.84 Å². The van der Waals surface area contributed by atoms with Crippen LogP contribution in [-0.4, -0.2) is 37.4 Å². The fourth-order valence-corrected chi connectivity index (χ4v) is 2.44. The van der Waals surface area contributed by atoms with Gasteiger partial charge in [-0.15, -0.1) is 5.10 Å². The maximum atomic E-state index is 11.9. The maximum Gasteiger partial charge on any atom is 0.311 e. The largest absolute Gasteiger partial charge is 0.426 e. The van der Waals surface area contributed by atoms with Crippen molar-refractivity contribution in [3.63, 3.8) is 0 Å². The molecule has 0 saturated carbocycles. The Kier molecular flexibility index (Phi) is 6.80. The summed E-state index contributed by atoms with van der Waals surface area (Å²) < 4.78 is 6.87. The van der Waals surface area contributed by atoms with E-state index in [2.05, 4.69) is 22.1 Å². The second kappa shape index (κ2) is 9.05. The van der Waals surface area contributed by atoms with Crippen molar-refractivity contribution in [2.45, 2.75) is 39.2 Å². The highest BCUT2D eigenvalue weighted by Gasteiger charge is 2.09. The number of aromatic nitrogens is 4. The fraction of sp³-hybridized carbons (Fsp3) is 0.368. The molecule has 1 unspecified atom stereocenters. The van der Waals surface area contributed by atoms with E-state index in [1.807, 2.05) is 26.0 Å². The van der Waals surface area contributed by atoms with E-state index in [-0.39, 0.29) is 12.4 Å². The Bertz CT molecular complexity index is 811. The second-order valence-corrected chi connectivity index (χ2v) is 6.21. The van der Waals surface area contributed by atoms with E-state index in [0.717, 1.165) is 11.1 Å². The van der Waals surface area contributed by atoms with Gasteiger partial charge in [-0.1, -0.05) is 36.4 Å². The van der Waals surface area contributed by atoms with Crippen molar-refractivity contribution < 1.29 is 14.6 Å². The van der Waals surface area contributed by atoms with Crippen LogP contribution in [0.1, 0.15) is 36.2 Å². The van der Waals surface area contributed by atoms with Crippen LogP contribution in [0.15, 0.2) is 36.9 Å². The molecule has 1 aromatic carbocycles. The molecule has 0 aliphatic heterocycles. The lowest BCUT2D eigenvalue weighted by Crippen LogP contribution is -2.10. The van der Waals surface area contributed by atoms with E-state index in [9.17, 15) is 9.90 Å². The molecule has 1 atom stereocenters. The van der Waals surface area contributed by atoms with Crippen LogP contribution in [0.4, 0.5) is 0 Å². The molecule has 0 fully saturated rings. The number of tetrazole rings is 1. The van der Waals surface area contributed by atoms with Crippen LogP contribution in [0.25, 0.3) is 5.57 Å². The molecule has 26 heavy (non-hydrogen) atoms. The number of hydrogen-bond donors (Lipinski definition) is 1. The minimum Gasteiger partial charge on any atom is -0.426 e. The molecule has 1 heterocycles. The molecule has 138 valence electrons. The van der Waals surface area contributed by atoms with Gasteiger partial charge in [0.05, 0.1) is 6.10 Å². The molecular weight excluding hydrogens is 332 g/mol. The number of ether oxygens (including phenoxy) is 1. The first-order valence-corrected chi connectivity index (χ1v) is 8.42. The molecule has 2 rings (SSSR count). The van der Waals surface area contributed by atoms with E-state index < -0.39 is 6.10 Å². The van der Waals surface area contributed by atoms with Gasteiger partial charge in [0.25, 0.3) is 0 Å². The number of carbonyl (C=O) groups is 1. The minimum atomic E-state index is -0.679. The molecule has 0 radical (unpaired) electrons. The summed E-state index contributed by atoms with van der Waals surface area (Å²) in [5.41, 5.74) is 2.65. The van der Waals surface area contributed by atoms with Gasteiger partial charge >= 0.3 is 5.97 Å². The van der Waals surface area contributed by atoms with Crippen molar-refractivity contribution in [1.29, 1.82) is 0 Å². The van der Waals surface area contributed by atoms with Crippen molar-refractivity contribution in [2.75, 3.05) is 0 Å². The summed E-state index contributed by atoms with van der Waals surface area (Å²) in [6, 6.07) is 5.67. The third kappa shape index (κ3) is 5.63. The molecule has 7 heteroatoms. The zero-order valence-corrected chi connectivity index (χ0v) is 15.3. The smallest absolute Gasteiger partial charge is 0.311 e. The number of benzene rings is 1. The maximum absolute atomic E-state index is 11.9. The molecule has 7 nitrogen and oxygen atoms in total. The molecule has 1 N–H and O–H groups in total. The number of rotatable bonds is 8. The number of aryl methyl sites for hydroxylation is 3. The van der Waals surface area contributed by atoms with Crippen molar-refractivity contribution in [3.05, 3.63) is 53.9 Å². The SMILES string of the molecule is C=C(C=CC(O)CCCC(=O)Oc1ccc(C)cc1C)c1nnnn1C. The fourth-order valence-electron chi connectivity index (χ4n) is 2.44. The highest BCUT2D eigenvalue weighted by molar-refractivity contribution is 5.72. The average molecular weight is 356 g/mol. The lowest BCUT2D eigenvalue weighted by Gasteiger charge is -2.09. The summed E-state index contributed by atoms with van der Waals surface area (Å²) in [7, 11) is 1.71. The first kappa shape index (κ1) is 19.5. The monoisotopic (exact) mass is 356 g/mol. The van der Waals surface area contributed by atoms with Crippen molar-refractivity contribution >= 4 is 11.5 Å². The number of allylic oxidation sites excluding steroid dienone is 2. The Hall–Kier alpha value is -2.80. The molecule has 0 aliphatic carbocycles.